The molecule has 0 spiro atoms. The lowest BCUT2D eigenvalue weighted by molar-refractivity contribution is -0.140. The van der Waals surface area contributed by atoms with Gasteiger partial charge in [0, 0.05) is 12.0 Å². The molecule has 0 aliphatic carbocycles. The molecule has 1 aliphatic rings. The minimum Gasteiger partial charge on any atom is -0.335 e. The zero-order valence-corrected chi connectivity index (χ0v) is 11.2. The van der Waals surface area contributed by atoms with Crippen molar-refractivity contribution in [2.75, 3.05) is 6.54 Å². The van der Waals surface area contributed by atoms with E-state index in [0.717, 1.165) is 24.9 Å². The monoisotopic (exact) mass is 249 g/mol. The molecule has 1 heterocycles. The van der Waals surface area contributed by atoms with E-state index < -0.39 is 0 Å². The Labute approximate surface area is 108 Å². The van der Waals surface area contributed by atoms with Gasteiger partial charge in [-0.2, -0.15) is 0 Å². The van der Waals surface area contributed by atoms with Gasteiger partial charge in [0.15, 0.2) is 0 Å². The molecule has 1 amide bonds. The van der Waals surface area contributed by atoms with Crippen LogP contribution in [0.3, 0.4) is 0 Å². The number of benzene rings is 1. The standard InChI is InChI=1S/C15H20FNO/c1-15(2,3)14(18)17-9-5-8-13(17)11-6-4-7-12(16)10-11/h4,6-7,10,13H,5,8-9H2,1-3H3. The van der Waals surface area contributed by atoms with Crippen LogP contribution >= 0.6 is 0 Å². The van der Waals surface area contributed by atoms with Crippen molar-refractivity contribution in [1.29, 1.82) is 0 Å². The number of nitrogens with zero attached hydrogens (tertiary/aromatic N) is 1. The summed E-state index contributed by atoms with van der Waals surface area (Å²) in [5.41, 5.74) is 0.528. The molecule has 1 fully saturated rings. The van der Waals surface area contributed by atoms with Crippen LogP contribution in [0.4, 0.5) is 4.39 Å². The second kappa shape index (κ2) is 4.71. The van der Waals surface area contributed by atoms with Gasteiger partial charge >= 0.3 is 0 Å². The molecule has 1 aromatic carbocycles. The first-order chi connectivity index (χ1) is 8.39. The quantitative estimate of drug-likeness (QED) is 0.745. The van der Waals surface area contributed by atoms with Crippen molar-refractivity contribution in [1.82, 2.24) is 4.90 Å². The van der Waals surface area contributed by atoms with Crippen molar-refractivity contribution < 1.29 is 9.18 Å². The van der Waals surface area contributed by atoms with Gasteiger partial charge in [0.1, 0.15) is 5.82 Å². The molecule has 18 heavy (non-hydrogen) atoms. The summed E-state index contributed by atoms with van der Waals surface area (Å²) < 4.78 is 13.3. The third-order valence-corrected chi connectivity index (χ3v) is 3.39. The Kier molecular flexibility index (Phi) is 3.42. The number of carbonyl (C=O) groups excluding carboxylic acids is 1. The van der Waals surface area contributed by atoms with E-state index in [1.165, 1.54) is 6.07 Å². The number of amides is 1. The average Bonchev–Trinajstić information content (AvgIpc) is 2.75. The average molecular weight is 249 g/mol. The summed E-state index contributed by atoms with van der Waals surface area (Å²) >= 11 is 0. The van der Waals surface area contributed by atoms with E-state index in [4.69, 9.17) is 0 Å². The number of hydrogen-bond acceptors (Lipinski definition) is 1. The second-order valence-electron chi connectivity index (χ2n) is 5.96. The largest absolute Gasteiger partial charge is 0.335 e. The molecule has 0 aromatic heterocycles. The third kappa shape index (κ3) is 2.55. The number of likely N-dealkylation sites (tertiary alicyclic amines) is 1. The smallest absolute Gasteiger partial charge is 0.228 e. The number of hydrogen-bond donors (Lipinski definition) is 0. The summed E-state index contributed by atoms with van der Waals surface area (Å²) in [6, 6.07) is 6.63. The van der Waals surface area contributed by atoms with Crippen LogP contribution in [0, 0.1) is 11.2 Å². The van der Waals surface area contributed by atoms with Crippen LogP contribution in [-0.2, 0) is 4.79 Å². The first kappa shape index (κ1) is 13.1. The summed E-state index contributed by atoms with van der Waals surface area (Å²) in [6.07, 6.45) is 1.91. The molecule has 0 saturated carbocycles. The summed E-state index contributed by atoms with van der Waals surface area (Å²) in [6.45, 7) is 6.56. The zero-order valence-electron chi connectivity index (χ0n) is 11.2. The Morgan fingerprint density at radius 1 is 1.39 bits per heavy atom. The van der Waals surface area contributed by atoms with Crippen LogP contribution in [0.1, 0.15) is 45.2 Å². The SMILES string of the molecule is CC(C)(C)C(=O)N1CCCC1c1cccc(F)c1. The molecule has 1 saturated heterocycles. The van der Waals surface area contributed by atoms with Crippen LogP contribution in [0.25, 0.3) is 0 Å². The van der Waals surface area contributed by atoms with E-state index in [0.29, 0.717) is 0 Å². The van der Waals surface area contributed by atoms with E-state index in [-0.39, 0.29) is 23.2 Å². The first-order valence-electron chi connectivity index (χ1n) is 6.46. The van der Waals surface area contributed by atoms with E-state index >= 15 is 0 Å². The second-order valence-corrected chi connectivity index (χ2v) is 5.96. The van der Waals surface area contributed by atoms with E-state index in [1.807, 2.05) is 31.7 Å². The summed E-state index contributed by atoms with van der Waals surface area (Å²) in [4.78, 5) is 14.3. The van der Waals surface area contributed by atoms with Crippen molar-refractivity contribution in [3.63, 3.8) is 0 Å². The van der Waals surface area contributed by atoms with E-state index in [9.17, 15) is 9.18 Å². The maximum Gasteiger partial charge on any atom is 0.228 e. The van der Waals surface area contributed by atoms with Crippen molar-refractivity contribution in [2.45, 2.75) is 39.7 Å². The van der Waals surface area contributed by atoms with Crippen LogP contribution in [0.2, 0.25) is 0 Å². The molecule has 1 aliphatic heterocycles. The number of halogens is 1. The van der Waals surface area contributed by atoms with Crippen molar-refractivity contribution in [2.24, 2.45) is 5.41 Å². The summed E-state index contributed by atoms with van der Waals surface area (Å²) in [5.74, 6) is -0.0863. The Hall–Kier alpha value is -1.38. The highest BCUT2D eigenvalue weighted by atomic mass is 19.1. The van der Waals surface area contributed by atoms with Gasteiger partial charge in [0.25, 0.3) is 0 Å². The molecule has 3 heteroatoms. The minimum absolute atomic E-state index is 0.0347. The summed E-state index contributed by atoms with van der Waals surface area (Å²) in [5, 5.41) is 0. The Bertz CT molecular complexity index is 450. The lowest BCUT2D eigenvalue weighted by Crippen LogP contribution is -2.38. The fourth-order valence-corrected chi connectivity index (χ4v) is 2.50. The molecular weight excluding hydrogens is 229 g/mol. The molecule has 1 unspecified atom stereocenters. The Balaban J connectivity index is 2.25. The van der Waals surface area contributed by atoms with Crippen LogP contribution in [0.15, 0.2) is 24.3 Å². The molecule has 98 valence electrons. The van der Waals surface area contributed by atoms with Gasteiger partial charge in [-0.1, -0.05) is 32.9 Å². The fourth-order valence-electron chi connectivity index (χ4n) is 2.50. The maximum atomic E-state index is 13.3. The third-order valence-electron chi connectivity index (χ3n) is 3.39. The predicted molar refractivity (Wildman–Crippen MR) is 69.5 cm³/mol. The van der Waals surface area contributed by atoms with E-state index in [2.05, 4.69) is 0 Å². The van der Waals surface area contributed by atoms with Crippen molar-refractivity contribution in [3.8, 4) is 0 Å². The van der Waals surface area contributed by atoms with Crippen molar-refractivity contribution >= 4 is 5.91 Å². The molecule has 2 rings (SSSR count). The number of rotatable bonds is 1. The van der Waals surface area contributed by atoms with Crippen molar-refractivity contribution in [3.05, 3.63) is 35.6 Å². The Morgan fingerprint density at radius 2 is 2.11 bits per heavy atom. The lowest BCUT2D eigenvalue weighted by atomic mass is 9.93. The molecule has 1 aromatic rings. The first-order valence-corrected chi connectivity index (χ1v) is 6.46. The molecule has 0 N–H and O–H groups in total. The molecular formula is C15H20FNO. The van der Waals surface area contributed by atoms with Gasteiger partial charge in [-0.05, 0) is 30.5 Å². The molecule has 0 bridgehead atoms. The van der Waals surface area contributed by atoms with Gasteiger partial charge in [0.05, 0.1) is 6.04 Å². The number of carbonyl (C=O) groups is 1. The minimum atomic E-state index is -0.379. The van der Waals surface area contributed by atoms with Crippen LogP contribution in [-0.4, -0.2) is 17.4 Å². The lowest BCUT2D eigenvalue weighted by Gasteiger charge is -2.31. The summed E-state index contributed by atoms with van der Waals surface area (Å²) in [7, 11) is 0. The predicted octanol–water partition coefficient (Wildman–Crippen LogP) is 3.54. The maximum absolute atomic E-state index is 13.3. The highest BCUT2D eigenvalue weighted by Crippen LogP contribution is 2.35. The van der Waals surface area contributed by atoms with Gasteiger partial charge in [-0.15, -0.1) is 0 Å². The normalized spacial score (nSPS) is 20.2. The zero-order chi connectivity index (χ0) is 13.3. The van der Waals surface area contributed by atoms with Gasteiger partial charge < -0.3 is 4.90 Å². The van der Waals surface area contributed by atoms with E-state index in [1.54, 1.807) is 12.1 Å². The molecule has 1 atom stereocenters. The highest BCUT2D eigenvalue weighted by Gasteiger charge is 2.35. The highest BCUT2D eigenvalue weighted by molar-refractivity contribution is 5.82. The van der Waals surface area contributed by atoms with Gasteiger partial charge in [-0.25, -0.2) is 4.39 Å². The van der Waals surface area contributed by atoms with Gasteiger partial charge in [-0.3, -0.25) is 4.79 Å². The molecule has 2 nitrogen and oxygen atoms in total. The van der Waals surface area contributed by atoms with Crippen LogP contribution in [0.5, 0.6) is 0 Å². The topological polar surface area (TPSA) is 20.3 Å². The van der Waals surface area contributed by atoms with Gasteiger partial charge in [0.2, 0.25) is 5.91 Å². The Morgan fingerprint density at radius 3 is 2.72 bits per heavy atom. The molecule has 0 radical (unpaired) electrons. The van der Waals surface area contributed by atoms with Crippen LogP contribution < -0.4 is 0 Å². The fraction of sp³-hybridized carbons (Fsp3) is 0.533.